The highest BCUT2D eigenvalue weighted by Gasteiger charge is 2.32. The molecule has 0 bridgehead atoms. The molecule has 0 radical (unpaired) electrons. The minimum atomic E-state index is -0.964. The van der Waals surface area contributed by atoms with Crippen molar-refractivity contribution in [3.8, 4) is 0 Å². The van der Waals surface area contributed by atoms with Crippen LogP contribution in [0.1, 0.15) is 28.8 Å². The lowest BCUT2D eigenvalue weighted by atomic mass is 10.1. The van der Waals surface area contributed by atoms with Crippen molar-refractivity contribution in [2.45, 2.75) is 18.9 Å². The van der Waals surface area contributed by atoms with Gasteiger partial charge in [0.05, 0.1) is 0 Å². The lowest BCUT2D eigenvalue weighted by Gasteiger charge is -2.19. The van der Waals surface area contributed by atoms with Crippen molar-refractivity contribution in [2.75, 3.05) is 13.6 Å². The number of nitrogens with one attached hydrogen (secondary N) is 1. The van der Waals surface area contributed by atoms with Crippen LogP contribution < -0.4 is 5.32 Å². The predicted octanol–water partition coefficient (Wildman–Crippen LogP) is 1.13. The maximum absolute atomic E-state index is 12.1. The highest BCUT2D eigenvalue weighted by Crippen LogP contribution is 2.18. The minimum absolute atomic E-state index is 0.173. The molecular weight excluding hydrogens is 284 g/mol. The smallest absolute Gasteiger partial charge is 0.326 e. The Bertz CT molecular complexity index is 607. The molecule has 1 fully saturated rings. The van der Waals surface area contributed by atoms with Gasteiger partial charge in [0, 0.05) is 25.2 Å². The summed E-state index contributed by atoms with van der Waals surface area (Å²) in [5, 5.41) is 11.6. The van der Waals surface area contributed by atoms with Crippen molar-refractivity contribution in [2.24, 2.45) is 0 Å². The van der Waals surface area contributed by atoms with Crippen molar-refractivity contribution in [1.82, 2.24) is 10.2 Å². The maximum atomic E-state index is 12.1. The number of hydrogen-bond donors (Lipinski definition) is 2. The molecule has 0 aliphatic carbocycles. The van der Waals surface area contributed by atoms with Gasteiger partial charge in [0.25, 0.3) is 5.91 Å². The summed E-state index contributed by atoms with van der Waals surface area (Å²) >= 11 is 0. The average molecular weight is 302 g/mol. The van der Waals surface area contributed by atoms with Gasteiger partial charge in [-0.05, 0) is 36.6 Å². The van der Waals surface area contributed by atoms with Crippen LogP contribution in [0.2, 0.25) is 0 Å². The molecule has 6 heteroatoms. The molecule has 116 valence electrons. The molecule has 22 heavy (non-hydrogen) atoms. The lowest BCUT2D eigenvalue weighted by Crippen LogP contribution is -2.39. The van der Waals surface area contributed by atoms with E-state index in [1.54, 1.807) is 37.4 Å². The molecule has 1 saturated heterocycles. The number of carbonyl (C=O) groups is 3. The van der Waals surface area contributed by atoms with E-state index >= 15 is 0 Å². The van der Waals surface area contributed by atoms with Crippen LogP contribution in [0.4, 0.5) is 0 Å². The van der Waals surface area contributed by atoms with E-state index in [0.29, 0.717) is 24.9 Å². The van der Waals surface area contributed by atoms with Crippen LogP contribution in [0.25, 0.3) is 6.08 Å². The minimum Gasteiger partial charge on any atom is -0.480 e. The largest absolute Gasteiger partial charge is 0.480 e. The van der Waals surface area contributed by atoms with Gasteiger partial charge in [0.2, 0.25) is 5.91 Å². The zero-order valence-corrected chi connectivity index (χ0v) is 12.3. The van der Waals surface area contributed by atoms with E-state index in [0.717, 1.165) is 5.56 Å². The van der Waals surface area contributed by atoms with E-state index in [2.05, 4.69) is 5.32 Å². The molecule has 1 aliphatic rings. The summed E-state index contributed by atoms with van der Waals surface area (Å²) in [6.07, 6.45) is 4.19. The van der Waals surface area contributed by atoms with Gasteiger partial charge in [0.15, 0.2) is 0 Å². The zero-order valence-electron chi connectivity index (χ0n) is 12.3. The number of carbonyl (C=O) groups excluding carboxylic acids is 2. The second-order valence-corrected chi connectivity index (χ2v) is 5.06. The first-order valence-electron chi connectivity index (χ1n) is 7.06. The topological polar surface area (TPSA) is 86.7 Å². The molecule has 2 amide bonds. The first-order chi connectivity index (χ1) is 10.5. The Morgan fingerprint density at radius 1 is 1.27 bits per heavy atom. The number of amides is 2. The van der Waals surface area contributed by atoms with Gasteiger partial charge in [-0.1, -0.05) is 12.1 Å². The summed E-state index contributed by atoms with van der Waals surface area (Å²) in [7, 11) is 1.56. The molecule has 0 saturated carbocycles. The fraction of sp³-hybridized carbons (Fsp3) is 0.312. The van der Waals surface area contributed by atoms with E-state index in [-0.39, 0.29) is 11.8 Å². The van der Waals surface area contributed by atoms with Crippen LogP contribution in [0.5, 0.6) is 0 Å². The second-order valence-electron chi connectivity index (χ2n) is 5.06. The maximum Gasteiger partial charge on any atom is 0.326 e. The zero-order chi connectivity index (χ0) is 16.1. The van der Waals surface area contributed by atoms with Crippen molar-refractivity contribution in [1.29, 1.82) is 0 Å². The highest BCUT2D eigenvalue weighted by atomic mass is 16.4. The van der Waals surface area contributed by atoms with Gasteiger partial charge in [-0.25, -0.2) is 4.79 Å². The Balaban J connectivity index is 2.03. The van der Waals surface area contributed by atoms with Crippen LogP contribution in [-0.2, 0) is 9.59 Å². The molecule has 1 aromatic rings. The SMILES string of the molecule is CNC(=O)c1ccc(C=CC(=O)N2CCC[C@@H]2C(=O)O)cc1. The van der Waals surface area contributed by atoms with Crippen LogP contribution in [-0.4, -0.2) is 47.4 Å². The number of carboxylic acids is 1. The highest BCUT2D eigenvalue weighted by molar-refractivity contribution is 5.96. The summed E-state index contributed by atoms with van der Waals surface area (Å²) < 4.78 is 0. The molecule has 2 N–H and O–H groups in total. The van der Waals surface area contributed by atoms with Gasteiger partial charge < -0.3 is 15.3 Å². The Labute approximate surface area is 128 Å². The van der Waals surface area contributed by atoms with Crippen LogP contribution in [0.15, 0.2) is 30.3 Å². The summed E-state index contributed by atoms with van der Waals surface area (Å²) in [6.45, 7) is 0.468. The standard InChI is InChI=1S/C16H18N2O4/c1-17-15(20)12-7-4-11(5-8-12)6-9-14(19)18-10-2-3-13(18)16(21)22/h4-9,13H,2-3,10H2,1H3,(H,17,20)(H,21,22)/t13-/m1/s1. The van der Waals surface area contributed by atoms with Crippen LogP contribution >= 0.6 is 0 Å². The number of likely N-dealkylation sites (tertiary alicyclic amines) is 1. The fourth-order valence-electron chi connectivity index (χ4n) is 2.44. The van der Waals surface area contributed by atoms with E-state index < -0.39 is 12.0 Å². The second kappa shape index (κ2) is 6.89. The average Bonchev–Trinajstić information content (AvgIpc) is 3.02. The first kappa shape index (κ1) is 15.8. The molecule has 1 aromatic carbocycles. The van der Waals surface area contributed by atoms with Crippen molar-refractivity contribution >= 4 is 23.9 Å². The summed E-state index contributed by atoms with van der Waals surface area (Å²) in [5.74, 6) is -1.44. The van der Waals surface area contributed by atoms with Gasteiger partial charge >= 0.3 is 5.97 Å². The molecule has 0 unspecified atom stereocenters. The number of aliphatic carboxylic acids is 1. The fourth-order valence-corrected chi connectivity index (χ4v) is 2.44. The molecule has 6 nitrogen and oxygen atoms in total. The monoisotopic (exact) mass is 302 g/mol. The Morgan fingerprint density at radius 2 is 1.95 bits per heavy atom. The third-order valence-corrected chi connectivity index (χ3v) is 3.64. The summed E-state index contributed by atoms with van der Waals surface area (Å²) in [6, 6.07) is 6.06. The van der Waals surface area contributed by atoms with E-state index in [9.17, 15) is 14.4 Å². The normalized spacial score (nSPS) is 17.7. The van der Waals surface area contributed by atoms with Gasteiger partial charge in [-0.2, -0.15) is 0 Å². The number of hydrogen-bond acceptors (Lipinski definition) is 3. The van der Waals surface area contributed by atoms with Crippen molar-refractivity contribution in [3.63, 3.8) is 0 Å². The Morgan fingerprint density at radius 3 is 2.55 bits per heavy atom. The first-order valence-corrected chi connectivity index (χ1v) is 7.06. The third kappa shape index (κ3) is 3.52. The molecule has 1 heterocycles. The van der Waals surface area contributed by atoms with Gasteiger partial charge in [-0.3, -0.25) is 9.59 Å². The quantitative estimate of drug-likeness (QED) is 0.816. The molecule has 0 spiro atoms. The number of benzene rings is 1. The number of nitrogens with zero attached hydrogens (tertiary/aromatic N) is 1. The van der Waals surface area contributed by atoms with Crippen molar-refractivity contribution in [3.05, 3.63) is 41.5 Å². The van der Waals surface area contributed by atoms with E-state index in [4.69, 9.17) is 5.11 Å². The number of rotatable bonds is 4. The van der Waals surface area contributed by atoms with Gasteiger partial charge in [-0.15, -0.1) is 0 Å². The van der Waals surface area contributed by atoms with Gasteiger partial charge in [0.1, 0.15) is 6.04 Å². The molecule has 2 rings (SSSR count). The van der Waals surface area contributed by atoms with Crippen molar-refractivity contribution < 1.29 is 19.5 Å². The summed E-state index contributed by atoms with van der Waals surface area (Å²) in [5.41, 5.74) is 1.31. The lowest BCUT2D eigenvalue weighted by molar-refractivity contribution is -0.146. The number of carboxylic acid groups (broad SMARTS) is 1. The predicted molar refractivity (Wildman–Crippen MR) is 81.2 cm³/mol. The van der Waals surface area contributed by atoms with E-state index in [1.807, 2.05) is 0 Å². The third-order valence-electron chi connectivity index (χ3n) is 3.64. The molecule has 0 aromatic heterocycles. The molecule has 1 aliphatic heterocycles. The molecule has 1 atom stereocenters. The van der Waals surface area contributed by atoms with Crippen LogP contribution in [0.3, 0.4) is 0 Å². The van der Waals surface area contributed by atoms with E-state index in [1.165, 1.54) is 11.0 Å². The molecular formula is C16H18N2O4. The summed E-state index contributed by atoms with van der Waals surface area (Å²) in [4.78, 5) is 35.9. The Kier molecular flexibility index (Phi) is 4.93. The van der Waals surface area contributed by atoms with Crippen LogP contribution in [0, 0.1) is 0 Å². The Hall–Kier alpha value is -2.63.